The predicted molar refractivity (Wildman–Crippen MR) is 157 cm³/mol. The number of amides is 3. The zero-order valence-corrected chi connectivity index (χ0v) is 24.8. The maximum atomic E-state index is 13.1. The molecule has 0 unspecified atom stereocenters. The Balaban J connectivity index is 1.86. The second-order valence-electron chi connectivity index (χ2n) is 11.0. The molecule has 0 spiro atoms. The van der Waals surface area contributed by atoms with Gasteiger partial charge in [-0.1, -0.05) is 32.0 Å². The molecular weight excluding hydrogens is 526 g/mol. The van der Waals surface area contributed by atoms with Crippen molar-refractivity contribution in [1.82, 2.24) is 15.7 Å². The third-order valence-corrected chi connectivity index (χ3v) is 7.02. The molecule has 0 saturated carbocycles. The molecule has 1 fully saturated rings. The molecule has 2 aromatic carbocycles. The van der Waals surface area contributed by atoms with Gasteiger partial charge in [-0.25, -0.2) is 0 Å². The highest BCUT2D eigenvalue weighted by Crippen LogP contribution is 2.37. The Morgan fingerprint density at radius 3 is 2.46 bits per heavy atom. The molecule has 0 bridgehead atoms. The Hall–Kier alpha value is -3.67. The number of nitrogens with two attached hydrogens (primary N) is 1. The number of hydrogen-bond acceptors (Lipinski definition) is 8. The second-order valence-corrected chi connectivity index (χ2v) is 11.0. The SMILES string of the molecule is COc1c(CN2OC[C@@H]([C@H](C)O)[C@H]2C(N)=O)cccc1-c1cc(C(=O)NCCNC(=O)CC(C)C)cc(N(C)C)c1. The average Bonchev–Trinajstić information content (AvgIpc) is 3.34. The number of nitrogens with zero attached hydrogens (tertiary/aromatic N) is 2. The first-order valence-electron chi connectivity index (χ1n) is 13.8. The predicted octanol–water partition coefficient (Wildman–Crippen LogP) is 1.92. The molecule has 1 heterocycles. The fraction of sp³-hybridized carbons (Fsp3) is 0.500. The number of rotatable bonds is 13. The van der Waals surface area contributed by atoms with E-state index in [0.29, 0.717) is 30.8 Å². The number of benzene rings is 2. The monoisotopic (exact) mass is 569 g/mol. The van der Waals surface area contributed by atoms with Gasteiger partial charge in [0.2, 0.25) is 11.8 Å². The maximum Gasteiger partial charge on any atom is 0.251 e. The van der Waals surface area contributed by atoms with Crippen LogP contribution in [0, 0.1) is 11.8 Å². The Morgan fingerprint density at radius 2 is 1.85 bits per heavy atom. The molecule has 41 heavy (non-hydrogen) atoms. The van der Waals surface area contributed by atoms with Crippen molar-refractivity contribution in [3.8, 4) is 16.9 Å². The van der Waals surface area contributed by atoms with Gasteiger partial charge in [0.1, 0.15) is 11.8 Å². The molecule has 11 nitrogen and oxygen atoms in total. The van der Waals surface area contributed by atoms with Crippen LogP contribution in [0.25, 0.3) is 11.1 Å². The number of hydroxylamine groups is 2. The van der Waals surface area contributed by atoms with Gasteiger partial charge in [-0.2, -0.15) is 5.06 Å². The third-order valence-electron chi connectivity index (χ3n) is 7.02. The van der Waals surface area contributed by atoms with Crippen LogP contribution in [0.2, 0.25) is 0 Å². The summed E-state index contributed by atoms with van der Waals surface area (Å²) in [4.78, 5) is 44.9. The standard InChI is InChI=1S/C30H43N5O6/c1-18(2)12-26(37)32-10-11-33-30(39)22-13-21(14-23(15-22)34(4)5)24-9-7-8-20(28(24)40-6)16-35-27(29(31)38)25(17-41-35)19(3)36/h7-9,13-15,18-19,25,27,36H,10-12,16-17H2,1-6H3,(H2,31,38)(H,32,37)(H,33,39)/t19-,25-,27-/m0/s1. The molecule has 0 aromatic heterocycles. The Morgan fingerprint density at radius 1 is 1.15 bits per heavy atom. The minimum absolute atomic E-state index is 0.0407. The number of methoxy groups -OCH3 is 1. The first-order valence-corrected chi connectivity index (χ1v) is 13.8. The van der Waals surface area contributed by atoms with E-state index < -0.39 is 24.0 Å². The maximum absolute atomic E-state index is 13.1. The van der Waals surface area contributed by atoms with Crippen LogP contribution in [0.4, 0.5) is 5.69 Å². The number of ether oxygens (including phenoxy) is 1. The number of carbonyl (C=O) groups is 3. The molecule has 224 valence electrons. The van der Waals surface area contributed by atoms with E-state index in [4.69, 9.17) is 15.3 Å². The Labute approximate surface area is 241 Å². The van der Waals surface area contributed by atoms with Crippen LogP contribution >= 0.6 is 0 Å². The summed E-state index contributed by atoms with van der Waals surface area (Å²) in [6.45, 7) is 6.60. The zero-order chi connectivity index (χ0) is 30.3. The van der Waals surface area contributed by atoms with E-state index in [9.17, 15) is 19.5 Å². The van der Waals surface area contributed by atoms with E-state index in [1.165, 1.54) is 5.06 Å². The molecule has 1 saturated heterocycles. The normalized spacial score (nSPS) is 17.8. The summed E-state index contributed by atoms with van der Waals surface area (Å²) in [7, 11) is 5.35. The smallest absolute Gasteiger partial charge is 0.251 e. The van der Waals surface area contributed by atoms with Gasteiger partial charge in [-0.15, -0.1) is 0 Å². The van der Waals surface area contributed by atoms with E-state index in [2.05, 4.69) is 10.6 Å². The van der Waals surface area contributed by atoms with Gasteiger partial charge in [-0.05, 0) is 36.6 Å². The molecule has 0 radical (unpaired) electrons. The number of carbonyl (C=O) groups excluding carboxylic acids is 3. The lowest BCUT2D eigenvalue weighted by Crippen LogP contribution is -2.45. The molecule has 5 N–H and O–H groups in total. The van der Waals surface area contributed by atoms with E-state index in [-0.39, 0.29) is 30.9 Å². The molecule has 1 aliphatic rings. The van der Waals surface area contributed by atoms with Crippen molar-refractivity contribution >= 4 is 23.4 Å². The van der Waals surface area contributed by atoms with Crippen molar-refractivity contribution < 1.29 is 29.1 Å². The van der Waals surface area contributed by atoms with Crippen LogP contribution in [0.3, 0.4) is 0 Å². The number of aliphatic hydroxyl groups excluding tert-OH is 1. The minimum atomic E-state index is -0.786. The quantitative estimate of drug-likeness (QED) is 0.268. The summed E-state index contributed by atoms with van der Waals surface area (Å²) in [5.41, 5.74) is 9.22. The lowest BCUT2D eigenvalue weighted by atomic mass is 9.95. The van der Waals surface area contributed by atoms with Crippen molar-refractivity contribution in [1.29, 1.82) is 0 Å². The van der Waals surface area contributed by atoms with Crippen molar-refractivity contribution in [2.45, 2.75) is 45.9 Å². The molecule has 2 aromatic rings. The fourth-order valence-corrected chi connectivity index (χ4v) is 4.89. The highest BCUT2D eigenvalue weighted by molar-refractivity contribution is 5.97. The number of hydrogen-bond donors (Lipinski definition) is 4. The summed E-state index contributed by atoms with van der Waals surface area (Å²) < 4.78 is 5.84. The van der Waals surface area contributed by atoms with Crippen molar-refractivity contribution in [2.24, 2.45) is 17.6 Å². The number of aliphatic hydroxyl groups is 1. The number of primary amides is 1. The largest absolute Gasteiger partial charge is 0.496 e. The van der Waals surface area contributed by atoms with Gasteiger partial charge in [0.15, 0.2) is 0 Å². The molecule has 3 amide bonds. The van der Waals surface area contributed by atoms with Gasteiger partial charge in [0, 0.05) is 61.9 Å². The lowest BCUT2D eigenvalue weighted by Gasteiger charge is -2.25. The van der Waals surface area contributed by atoms with Crippen LogP contribution in [0.15, 0.2) is 36.4 Å². The van der Waals surface area contributed by atoms with Crippen LogP contribution < -0.4 is 26.0 Å². The highest BCUT2D eigenvalue weighted by atomic mass is 16.7. The van der Waals surface area contributed by atoms with Crippen LogP contribution in [-0.4, -0.2) is 80.9 Å². The van der Waals surface area contributed by atoms with Crippen molar-refractivity contribution in [3.05, 3.63) is 47.5 Å². The number of anilines is 1. The molecule has 11 heteroatoms. The van der Waals surface area contributed by atoms with E-state index >= 15 is 0 Å². The molecule has 1 aliphatic heterocycles. The molecular formula is C30H43N5O6. The topological polar surface area (TPSA) is 146 Å². The average molecular weight is 570 g/mol. The van der Waals surface area contributed by atoms with E-state index in [1.54, 1.807) is 26.2 Å². The number of nitrogens with one attached hydrogen (secondary N) is 2. The van der Waals surface area contributed by atoms with Crippen LogP contribution in [0.1, 0.15) is 43.1 Å². The first-order chi connectivity index (χ1) is 19.4. The molecule has 3 atom stereocenters. The molecule has 3 rings (SSSR count). The van der Waals surface area contributed by atoms with Gasteiger partial charge in [0.05, 0.1) is 26.4 Å². The summed E-state index contributed by atoms with van der Waals surface area (Å²) in [6.07, 6.45) is -0.322. The summed E-state index contributed by atoms with van der Waals surface area (Å²) in [5.74, 6) is -0.487. The van der Waals surface area contributed by atoms with E-state index in [1.807, 2.05) is 57.1 Å². The second kappa shape index (κ2) is 14.3. The Bertz CT molecular complexity index is 1230. The summed E-state index contributed by atoms with van der Waals surface area (Å²) in [6, 6.07) is 10.4. The van der Waals surface area contributed by atoms with Gasteiger partial charge >= 0.3 is 0 Å². The summed E-state index contributed by atoms with van der Waals surface area (Å²) >= 11 is 0. The van der Waals surface area contributed by atoms with Crippen LogP contribution in [0.5, 0.6) is 5.75 Å². The van der Waals surface area contributed by atoms with Gasteiger partial charge < -0.3 is 31.1 Å². The highest BCUT2D eigenvalue weighted by Gasteiger charge is 2.42. The fourth-order valence-electron chi connectivity index (χ4n) is 4.89. The van der Waals surface area contributed by atoms with Gasteiger partial charge in [0.25, 0.3) is 5.91 Å². The molecule has 0 aliphatic carbocycles. The van der Waals surface area contributed by atoms with Gasteiger partial charge in [-0.3, -0.25) is 19.2 Å². The summed E-state index contributed by atoms with van der Waals surface area (Å²) in [5, 5.41) is 17.3. The minimum Gasteiger partial charge on any atom is -0.496 e. The lowest BCUT2D eigenvalue weighted by molar-refractivity contribution is -0.155. The number of para-hydroxylation sites is 1. The first kappa shape index (κ1) is 31.9. The Kier molecular flexibility index (Phi) is 11.1. The van der Waals surface area contributed by atoms with Crippen molar-refractivity contribution in [2.75, 3.05) is 45.8 Å². The third kappa shape index (κ3) is 8.18. The van der Waals surface area contributed by atoms with Crippen molar-refractivity contribution in [3.63, 3.8) is 0 Å². The zero-order valence-electron chi connectivity index (χ0n) is 24.8. The van der Waals surface area contributed by atoms with Crippen LogP contribution in [-0.2, 0) is 21.0 Å². The van der Waals surface area contributed by atoms with E-state index in [0.717, 1.165) is 22.4 Å².